The fraction of sp³-hybridized carbons (Fsp3) is 0.829. The van der Waals surface area contributed by atoms with Crippen molar-refractivity contribution in [1.29, 1.82) is 0 Å². The second kappa shape index (κ2) is 25.0. The summed E-state index contributed by atoms with van der Waals surface area (Å²) < 4.78 is 32.6. The SMILES string of the molecule is CCCC/C=C\C/C=C\CCCCCCCC(=O)OC(COC(=O)CC)COC1OC(COC2OC(CO)C(O)C(O)C2O)C(O)C(O)C1O. The van der Waals surface area contributed by atoms with E-state index >= 15 is 0 Å². The smallest absolute Gasteiger partial charge is 0.306 e. The molecule has 0 amide bonds. The van der Waals surface area contributed by atoms with Crippen LogP contribution >= 0.6 is 0 Å². The van der Waals surface area contributed by atoms with E-state index in [2.05, 4.69) is 31.2 Å². The molecule has 0 aromatic rings. The molecule has 0 spiro atoms. The number of hydrogen-bond donors (Lipinski definition) is 7. The molecule has 15 nitrogen and oxygen atoms in total. The van der Waals surface area contributed by atoms with Crippen molar-refractivity contribution in [1.82, 2.24) is 0 Å². The first-order valence-electron chi connectivity index (χ1n) is 17.9. The summed E-state index contributed by atoms with van der Waals surface area (Å²) >= 11 is 0. The van der Waals surface area contributed by atoms with Crippen molar-refractivity contribution >= 4 is 11.9 Å². The van der Waals surface area contributed by atoms with Crippen LogP contribution in [0.2, 0.25) is 0 Å². The quantitative estimate of drug-likeness (QED) is 0.0418. The predicted molar refractivity (Wildman–Crippen MR) is 178 cm³/mol. The van der Waals surface area contributed by atoms with Crippen molar-refractivity contribution in [3.63, 3.8) is 0 Å². The maximum absolute atomic E-state index is 12.6. The number of carbonyl (C=O) groups is 2. The summed E-state index contributed by atoms with van der Waals surface area (Å²) in [6.07, 6.45) is 2.28. The molecular formula is C35H60O15. The summed E-state index contributed by atoms with van der Waals surface area (Å²) in [5.74, 6) is -1.05. The van der Waals surface area contributed by atoms with Gasteiger partial charge in [-0.1, -0.05) is 70.3 Å². The third kappa shape index (κ3) is 15.7. The maximum atomic E-state index is 12.6. The van der Waals surface area contributed by atoms with E-state index in [1.807, 2.05) is 0 Å². The summed E-state index contributed by atoms with van der Waals surface area (Å²) in [6, 6.07) is 0. The average Bonchev–Trinajstić information content (AvgIpc) is 3.11. The van der Waals surface area contributed by atoms with Gasteiger partial charge in [-0.3, -0.25) is 9.59 Å². The molecule has 0 aliphatic carbocycles. The van der Waals surface area contributed by atoms with Crippen LogP contribution < -0.4 is 0 Å². The maximum Gasteiger partial charge on any atom is 0.306 e. The van der Waals surface area contributed by atoms with Gasteiger partial charge in [-0.25, -0.2) is 0 Å². The highest BCUT2D eigenvalue weighted by Crippen LogP contribution is 2.26. The second-order valence-corrected chi connectivity index (χ2v) is 12.7. The zero-order chi connectivity index (χ0) is 36.9. The standard InChI is InChI=1S/C35H60O15/c1-3-5-6-7-8-9-10-11-12-13-14-15-16-17-18-27(38)48-23(20-45-26(37)4-2)21-46-34-33(44)31(42)29(40)25(50-34)22-47-35-32(43)30(41)28(39)24(19-36)49-35/h7-8,10-11,23-25,28-36,39-44H,3-6,9,12-22H2,1-2H3/b8-7-,11-10-. The largest absolute Gasteiger partial charge is 0.462 e. The normalized spacial score (nSPS) is 30.9. The molecule has 0 aromatic carbocycles. The number of hydrogen-bond acceptors (Lipinski definition) is 15. The lowest BCUT2D eigenvalue weighted by Gasteiger charge is -2.42. The number of rotatable bonds is 24. The van der Waals surface area contributed by atoms with Crippen molar-refractivity contribution in [2.24, 2.45) is 0 Å². The van der Waals surface area contributed by atoms with Crippen molar-refractivity contribution in [3.05, 3.63) is 24.3 Å². The van der Waals surface area contributed by atoms with Gasteiger partial charge < -0.3 is 64.2 Å². The van der Waals surface area contributed by atoms with Gasteiger partial charge in [0.1, 0.15) is 55.4 Å². The summed E-state index contributed by atoms with van der Waals surface area (Å²) in [6.45, 7) is 1.86. The van der Waals surface area contributed by atoms with Crippen LogP contribution in [0.3, 0.4) is 0 Å². The Morgan fingerprint density at radius 2 is 1.24 bits per heavy atom. The van der Waals surface area contributed by atoms with Gasteiger partial charge >= 0.3 is 11.9 Å². The van der Waals surface area contributed by atoms with Crippen molar-refractivity contribution in [2.45, 2.75) is 158 Å². The van der Waals surface area contributed by atoms with Gasteiger partial charge in [0.2, 0.25) is 0 Å². The summed E-state index contributed by atoms with van der Waals surface area (Å²) in [4.78, 5) is 24.4. The molecule has 2 aliphatic heterocycles. The number of ether oxygens (including phenoxy) is 6. The number of unbranched alkanes of at least 4 members (excludes halogenated alkanes) is 7. The minimum atomic E-state index is -1.76. The van der Waals surface area contributed by atoms with Crippen LogP contribution in [-0.4, -0.2) is 142 Å². The molecule has 2 aliphatic rings. The van der Waals surface area contributed by atoms with Gasteiger partial charge in [-0.2, -0.15) is 0 Å². The van der Waals surface area contributed by atoms with E-state index in [1.165, 1.54) is 12.8 Å². The first-order chi connectivity index (χ1) is 24.0. The number of carbonyl (C=O) groups excluding carboxylic acids is 2. The molecule has 2 saturated heterocycles. The summed E-state index contributed by atoms with van der Waals surface area (Å²) in [7, 11) is 0. The number of esters is 2. The van der Waals surface area contributed by atoms with E-state index in [1.54, 1.807) is 6.92 Å². The third-order valence-corrected chi connectivity index (χ3v) is 8.49. The molecule has 2 fully saturated rings. The van der Waals surface area contributed by atoms with Crippen molar-refractivity contribution in [3.8, 4) is 0 Å². The molecule has 2 rings (SSSR count). The predicted octanol–water partition coefficient (Wildman–Crippen LogP) is 0.916. The van der Waals surface area contributed by atoms with E-state index in [0.717, 1.165) is 44.9 Å². The first kappa shape index (κ1) is 44.1. The molecule has 50 heavy (non-hydrogen) atoms. The second-order valence-electron chi connectivity index (χ2n) is 12.7. The Morgan fingerprint density at radius 1 is 0.660 bits per heavy atom. The zero-order valence-corrected chi connectivity index (χ0v) is 29.4. The van der Waals surface area contributed by atoms with E-state index in [9.17, 15) is 45.3 Å². The molecule has 0 bridgehead atoms. The van der Waals surface area contributed by atoms with Gasteiger partial charge in [0, 0.05) is 12.8 Å². The molecule has 7 N–H and O–H groups in total. The van der Waals surface area contributed by atoms with Crippen LogP contribution in [0.1, 0.15) is 90.9 Å². The van der Waals surface area contributed by atoms with Crippen LogP contribution in [0.5, 0.6) is 0 Å². The average molecular weight is 721 g/mol. The van der Waals surface area contributed by atoms with Crippen LogP contribution in [0, 0.1) is 0 Å². The topological polar surface area (TPSA) is 231 Å². The summed E-state index contributed by atoms with van der Waals surface area (Å²) in [5, 5.41) is 70.9. The highest BCUT2D eigenvalue weighted by molar-refractivity contribution is 5.70. The Labute approximate surface area is 294 Å². The fourth-order valence-corrected chi connectivity index (χ4v) is 5.33. The van der Waals surface area contributed by atoms with Crippen LogP contribution in [0.25, 0.3) is 0 Å². The Morgan fingerprint density at radius 3 is 1.88 bits per heavy atom. The van der Waals surface area contributed by atoms with Crippen LogP contribution in [0.4, 0.5) is 0 Å². The lowest BCUT2D eigenvalue weighted by Crippen LogP contribution is -2.61. The zero-order valence-electron chi connectivity index (χ0n) is 29.4. The van der Waals surface area contributed by atoms with Crippen molar-refractivity contribution in [2.75, 3.05) is 26.4 Å². The minimum Gasteiger partial charge on any atom is -0.462 e. The molecule has 0 radical (unpaired) electrons. The number of aliphatic hydroxyl groups excluding tert-OH is 7. The fourth-order valence-electron chi connectivity index (χ4n) is 5.33. The Kier molecular flexibility index (Phi) is 22.1. The van der Waals surface area contributed by atoms with Crippen LogP contribution in [0.15, 0.2) is 24.3 Å². The van der Waals surface area contributed by atoms with Gasteiger partial charge in [0.25, 0.3) is 0 Å². The highest BCUT2D eigenvalue weighted by Gasteiger charge is 2.47. The van der Waals surface area contributed by atoms with E-state index in [0.29, 0.717) is 6.42 Å². The van der Waals surface area contributed by atoms with E-state index in [-0.39, 0.29) is 19.4 Å². The first-order valence-corrected chi connectivity index (χ1v) is 17.9. The van der Waals surface area contributed by atoms with Gasteiger partial charge in [0.05, 0.1) is 19.8 Å². The molecule has 2 heterocycles. The molecule has 0 saturated carbocycles. The van der Waals surface area contributed by atoms with Gasteiger partial charge in [0.15, 0.2) is 18.7 Å². The van der Waals surface area contributed by atoms with Gasteiger partial charge in [-0.05, 0) is 32.1 Å². The molecular weight excluding hydrogens is 660 g/mol. The van der Waals surface area contributed by atoms with Crippen LogP contribution in [-0.2, 0) is 38.0 Å². The van der Waals surface area contributed by atoms with E-state index in [4.69, 9.17) is 28.4 Å². The Hall–Kier alpha value is -2.02. The van der Waals surface area contributed by atoms with E-state index < -0.39 is 99.3 Å². The third-order valence-electron chi connectivity index (χ3n) is 8.49. The van der Waals surface area contributed by atoms with Gasteiger partial charge in [-0.15, -0.1) is 0 Å². The Bertz CT molecular complexity index is 991. The molecule has 15 heteroatoms. The molecule has 290 valence electrons. The lowest BCUT2D eigenvalue weighted by molar-refractivity contribution is -0.332. The summed E-state index contributed by atoms with van der Waals surface area (Å²) in [5.41, 5.74) is 0. The molecule has 11 unspecified atom stereocenters. The molecule has 11 atom stereocenters. The minimum absolute atomic E-state index is 0.0953. The lowest BCUT2D eigenvalue weighted by atomic mass is 9.98. The highest BCUT2D eigenvalue weighted by atomic mass is 16.7. The monoisotopic (exact) mass is 720 g/mol. The Balaban J connectivity index is 1.80. The number of allylic oxidation sites excluding steroid dienone is 4. The molecule has 0 aromatic heterocycles. The number of aliphatic hydroxyl groups is 7. The van der Waals surface area contributed by atoms with Crippen molar-refractivity contribution < 1.29 is 73.8 Å².